The molecule has 0 aliphatic carbocycles. The van der Waals surface area contributed by atoms with Crippen molar-refractivity contribution in [1.29, 1.82) is 0 Å². The molecular weight excluding hydrogens is 998 g/mol. The maximum Gasteiger partial charge on any atom is 0.460 e. The van der Waals surface area contributed by atoms with Crippen LogP contribution in [0.15, 0.2) is 73.3 Å². The van der Waals surface area contributed by atoms with E-state index in [2.05, 4.69) is 11.9 Å². The molecule has 0 saturated carbocycles. The molecule has 0 aromatic heterocycles. The lowest BCUT2D eigenvalue weighted by molar-refractivity contribution is -0.461. The molecule has 0 radical (unpaired) electrons. The molecular formula is C42H48F17NO8Si. The number of esters is 1. The number of hydrogen-bond donors (Lipinski definition) is 1. The minimum absolute atomic E-state index is 0.00665. The zero-order valence-electron chi connectivity index (χ0n) is 37.3. The second-order valence-electron chi connectivity index (χ2n) is 15.7. The average molecular weight is 1050 g/mol. The van der Waals surface area contributed by atoms with Gasteiger partial charge in [0.05, 0.1) is 13.7 Å². The van der Waals surface area contributed by atoms with Crippen molar-refractivity contribution in [3.8, 4) is 11.5 Å². The summed E-state index contributed by atoms with van der Waals surface area (Å²) in [6.07, 6.45) is -9.62. The predicted octanol–water partition coefficient (Wildman–Crippen LogP) is 13.2. The van der Waals surface area contributed by atoms with Crippen LogP contribution in [0.3, 0.4) is 0 Å². The summed E-state index contributed by atoms with van der Waals surface area (Å²) in [6, 6.07) is 10.4. The summed E-state index contributed by atoms with van der Waals surface area (Å²) >= 11 is 0. The van der Waals surface area contributed by atoms with Gasteiger partial charge in [-0.25, -0.2) is 9.59 Å². The van der Waals surface area contributed by atoms with Gasteiger partial charge in [-0.05, 0) is 65.5 Å². The Balaban J connectivity index is 2.33. The van der Waals surface area contributed by atoms with Crippen molar-refractivity contribution >= 4 is 26.1 Å². The summed E-state index contributed by atoms with van der Waals surface area (Å²) < 4.78 is 269. The molecule has 0 heterocycles. The molecule has 1 amide bonds. The number of halogens is 17. The summed E-state index contributed by atoms with van der Waals surface area (Å²) in [5.41, 5.74) is -1.19. The third-order valence-corrected chi connectivity index (χ3v) is 16.4. The van der Waals surface area contributed by atoms with Crippen molar-refractivity contribution < 1.29 is 112 Å². The Labute approximate surface area is 385 Å². The van der Waals surface area contributed by atoms with Crippen molar-refractivity contribution in [2.24, 2.45) is 0 Å². The van der Waals surface area contributed by atoms with Crippen LogP contribution in [0.2, 0.25) is 17.1 Å². The fourth-order valence-electron chi connectivity index (χ4n) is 6.63. The molecule has 69 heavy (non-hydrogen) atoms. The van der Waals surface area contributed by atoms with Crippen LogP contribution in [0.4, 0.5) is 85.1 Å². The Kier molecular flexibility index (Phi) is 20.1. The molecule has 2 aromatic rings. The topological polar surface area (TPSA) is 102 Å². The van der Waals surface area contributed by atoms with Crippen LogP contribution in [0.25, 0.3) is 0 Å². The normalized spacial score (nSPS) is 14.7. The molecule has 0 spiro atoms. The van der Waals surface area contributed by atoms with Crippen molar-refractivity contribution in [2.75, 3.05) is 39.4 Å². The van der Waals surface area contributed by atoms with E-state index in [9.17, 15) is 75.4 Å². The highest BCUT2D eigenvalue weighted by Crippen LogP contribution is 2.64. The number of methoxy groups -OCH3 is 2. The molecule has 27 heteroatoms. The van der Waals surface area contributed by atoms with E-state index in [1.54, 1.807) is 12.1 Å². The van der Waals surface area contributed by atoms with Gasteiger partial charge in [-0.3, -0.25) is 5.32 Å². The quantitative estimate of drug-likeness (QED) is 0.0236. The number of ether oxygens (including phenoxy) is 5. The molecule has 2 atom stereocenters. The SMILES string of the molecule is C=CCOC(=O)/C=C/C[C@@H](OC)[C@H](OC(=O)Nc1ccc(OC)cc1)c1ccc(OCCO[Si](CCC(F)(F)C(F)(F)C(F)(F)C(F)(F)C(F)(F)C(F)(F)C(F)(F)C(F)(F)F)(C(C)C)C(C)C)cc1. The number of carbonyl (C=O) groups excluding carboxylic acids is 2. The number of carbonyl (C=O) groups is 2. The van der Waals surface area contributed by atoms with E-state index >= 15 is 8.78 Å². The molecule has 0 fully saturated rings. The fraction of sp³-hybridized carbons (Fsp3) is 0.571. The Bertz CT molecular complexity index is 2010. The van der Waals surface area contributed by atoms with Crippen LogP contribution in [0, 0.1) is 0 Å². The first-order valence-corrected chi connectivity index (χ1v) is 22.4. The van der Waals surface area contributed by atoms with Crippen molar-refractivity contribution in [2.45, 2.75) is 118 Å². The largest absolute Gasteiger partial charge is 0.497 e. The maximum atomic E-state index is 15.0. The Hall–Kier alpha value is -4.79. The molecule has 2 rings (SSSR count). The van der Waals surface area contributed by atoms with Crippen molar-refractivity contribution in [1.82, 2.24) is 0 Å². The van der Waals surface area contributed by atoms with Gasteiger partial charge in [0, 0.05) is 25.3 Å². The number of amides is 1. The molecule has 0 unspecified atom stereocenters. The Morgan fingerprint density at radius 1 is 0.681 bits per heavy atom. The minimum Gasteiger partial charge on any atom is -0.497 e. The van der Waals surface area contributed by atoms with Gasteiger partial charge in [-0.15, -0.1) is 0 Å². The van der Waals surface area contributed by atoms with Gasteiger partial charge in [0.1, 0.15) is 30.8 Å². The molecule has 0 bridgehead atoms. The van der Waals surface area contributed by atoms with Gasteiger partial charge in [-0.1, -0.05) is 58.6 Å². The first kappa shape index (κ1) is 60.3. The number of anilines is 1. The van der Waals surface area contributed by atoms with Gasteiger partial charge in [-0.2, -0.15) is 74.6 Å². The van der Waals surface area contributed by atoms with Crippen molar-refractivity contribution in [3.63, 3.8) is 0 Å². The van der Waals surface area contributed by atoms with E-state index in [1.807, 2.05) is 0 Å². The van der Waals surface area contributed by atoms with Crippen LogP contribution >= 0.6 is 0 Å². The number of rotatable bonds is 27. The lowest BCUT2D eigenvalue weighted by Gasteiger charge is -2.44. The van der Waals surface area contributed by atoms with Crippen LogP contribution in [0.5, 0.6) is 11.5 Å². The van der Waals surface area contributed by atoms with Gasteiger partial charge in [0.15, 0.2) is 14.4 Å². The van der Waals surface area contributed by atoms with E-state index in [0.29, 0.717) is 17.0 Å². The summed E-state index contributed by atoms with van der Waals surface area (Å²) in [7, 11) is -1.31. The third-order valence-electron chi connectivity index (χ3n) is 10.7. The summed E-state index contributed by atoms with van der Waals surface area (Å²) in [5, 5.41) is 2.54. The lowest BCUT2D eigenvalue weighted by atomic mass is 9.88. The minimum atomic E-state index is -8.71. The van der Waals surface area contributed by atoms with E-state index in [4.69, 9.17) is 28.1 Å². The van der Waals surface area contributed by atoms with Gasteiger partial charge in [0.2, 0.25) is 0 Å². The Morgan fingerprint density at radius 2 is 1.17 bits per heavy atom. The Morgan fingerprint density at radius 3 is 1.64 bits per heavy atom. The molecule has 1 N–H and O–H groups in total. The predicted molar refractivity (Wildman–Crippen MR) is 215 cm³/mol. The second kappa shape index (κ2) is 23.0. The molecule has 0 aliphatic rings. The van der Waals surface area contributed by atoms with Crippen LogP contribution in [-0.2, 0) is 23.4 Å². The molecule has 0 aliphatic heterocycles. The highest BCUT2D eigenvalue weighted by molar-refractivity contribution is 6.76. The van der Waals surface area contributed by atoms with E-state index < -0.39 is 117 Å². The van der Waals surface area contributed by atoms with Gasteiger partial charge < -0.3 is 28.1 Å². The summed E-state index contributed by atoms with van der Waals surface area (Å²) in [5.74, 6) is -57.1. The van der Waals surface area contributed by atoms with Crippen LogP contribution < -0.4 is 14.8 Å². The number of benzene rings is 2. The van der Waals surface area contributed by atoms with Gasteiger partial charge >= 0.3 is 59.7 Å². The standard InChI is InChI=1S/C42H48F17NO8Si/c1-8-21-66-32(61)11-9-10-31(64-7)33(68-34(62)60-28-14-18-29(63-6)19-15-28)27-12-16-30(17-13-27)65-22-23-67-69(25(2)3,26(4)5)24-20-35(43,44)36(45,46)37(47,48)38(49,50)39(51,52)40(53,54)41(55,56)42(57,58)59/h8-9,11-19,25-26,31,33H,1,10,20-24H2,2-7H3,(H,60,62)/b11-9+/t31-,33-/m1/s1. The lowest BCUT2D eigenvalue weighted by Crippen LogP contribution is -2.74. The third kappa shape index (κ3) is 13.0. The zero-order chi connectivity index (χ0) is 53.2. The molecule has 2 aromatic carbocycles. The zero-order valence-corrected chi connectivity index (χ0v) is 38.3. The number of hydrogen-bond acceptors (Lipinski definition) is 8. The first-order chi connectivity index (χ1) is 31.5. The first-order valence-electron chi connectivity index (χ1n) is 20.2. The fourth-order valence-corrected chi connectivity index (χ4v) is 11.1. The van der Waals surface area contributed by atoms with Crippen LogP contribution in [-0.4, -0.2) is 108 Å². The summed E-state index contributed by atoms with van der Waals surface area (Å²) in [4.78, 5) is 25.0. The molecule has 392 valence electrons. The monoisotopic (exact) mass is 1050 g/mol. The second-order valence-corrected chi connectivity index (χ2v) is 20.7. The van der Waals surface area contributed by atoms with Crippen molar-refractivity contribution in [3.05, 3.63) is 78.9 Å². The average Bonchev–Trinajstić information content (AvgIpc) is 3.25. The number of nitrogens with one attached hydrogen (secondary N) is 1. The molecule has 9 nitrogen and oxygen atoms in total. The molecule has 0 saturated heterocycles. The highest BCUT2D eigenvalue weighted by Gasteiger charge is 2.95. The summed E-state index contributed by atoms with van der Waals surface area (Å²) in [6.45, 7) is 7.59. The van der Waals surface area contributed by atoms with E-state index in [0.717, 1.165) is 6.08 Å². The van der Waals surface area contributed by atoms with Gasteiger partial charge in [0.25, 0.3) is 0 Å². The van der Waals surface area contributed by atoms with E-state index in [-0.39, 0.29) is 18.8 Å². The number of alkyl halides is 17. The highest BCUT2D eigenvalue weighted by atomic mass is 28.4. The smallest absolute Gasteiger partial charge is 0.460 e. The maximum absolute atomic E-state index is 15.0. The van der Waals surface area contributed by atoms with E-state index in [1.165, 1.54) is 90.5 Å². The van der Waals surface area contributed by atoms with Crippen LogP contribution in [0.1, 0.15) is 52.2 Å².